The predicted octanol–water partition coefficient (Wildman–Crippen LogP) is 3.16. The number of nitrogens with one attached hydrogen (secondary N) is 4. The third-order valence-corrected chi connectivity index (χ3v) is 3.40. The Morgan fingerprint density at radius 2 is 1.40 bits per heavy atom. The molecule has 0 fully saturated rings. The summed E-state index contributed by atoms with van der Waals surface area (Å²) in [6.45, 7) is 1.75. The van der Waals surface area contributed by atoms with E-state index in [4.69, 9.17) is 11.6 Å². The van der Waals surface area contributed by atoms with Crippen LogP contribution in [0.1, 0.15) is 23.7 Å². The first-order valence-corrected chi connectivity index (χ1v) is 7.88. The number of urea groups is 1. The van der Waals surface area contributed by atoms with Crippen molar-refractivity contribution in [3.8, 4) is 0 Å². The van der Waals surface area contributed by atoms with Crippen LogP contribution in [0.25, 0.3) is 0 Å². The van der Waals surface area contributed by atoms with Crippen LogP contribution in [-0.4, -0.2) is 17.8 Å². The Balaban J connectivity index is 1.83. The summed E-state index contributed by atoms with van der Waals surface area (Å²) in [6, 6.07) is 12.2. The van der Waals surface area contributed by atoms with Crippen LogP contribution in [0.5, 0.6) is 0 Å². The Kier molecular flexibility index (Phi) is 6.36. The molecule has 0 atom stereocenters. The van der Waals surface area contributed by atoms with E-state index in [0.717, 1.165) is 0 Å². The van der Waals surface area contributed by atoms with Gasteiger partial charge in [-0.15, -0.1) is 0 Å². The van der Waals surface area contributed by atoms with Gasteiger partial charge in [0.1, 0.15) is 0 Å². The van der Waals surface area contributed by atoms with E-state index in [1.807, 2.05) is 0 Å². The topological polar surface area (TPSA) is 99.3 Å². The number of carbonyl (C=O) groups is 3. The van der Waals surface area contributed by atoms with E-state index >= 15 is 0 Å². The molecule has 0 bridgehead atoms. The van der Waals surface area contributed by atoms with Crippen molar-refractivity contribution in [1.29, 1.82) is 0 Å². The zero-order chi connectivity index (χ0) is 18.2. The molecule has 0 unspecified atom stereocenters. The van der Waals surface area contributed by atoms with Crippen LogP contribution in [-0.2, 0) is 4.79 Å². The zero-order valence-corrected chi connectivity index (χ0v) is 14.2. The predicted molar refractivity (Wildman–Crippen MR) is 96.4 cm³/mol. The van der Waals surface area contributed by atoms with Gasteiger partial charge in [0.15, 0.2) is 0 Å². The van der Waals surface area contributed by atoms with E-state index in [2.05, 4.69) is 21.5 Å². The fourth-order valence-electron chi connectivity index (χ4n) is 1.84. The van der Waals surface area contributed by atoms with E-state index in [1.54, 1.807) is 55.5 Å². The van der Waals surface area contributed by atoms with Gasteiger partial charge in [-0.25, -0.2) is 10.2 Å². The molecule has 0 aliphatic heterocycles. The first kappa shape index (κ1) is 18.3. The molecule has 2 aromatic rings. The van der Waals surface area contributed by atoms with Gasteiger partial charge in [-0.3, -0.25) is 15.0 Å². The van der Waals surface area contributed by atoms with E-state index in [9.17, 15) is 14.4 Å². The molecule has 0 spiro atoms. The monoisotopic (exact) mass is 360 g/mol. The molecule has 4 amide bonds. The normalized spacial score (nSPS) is 9.84. The van der Waals surface area contributed by atoms with Crippen LogP contribution in [0.15, 0.2) is 48.5 Å². The highest BCUT2D eigenvalue weighted by Gasteiger charge is 2.08. The van der Waals surface area contributed by atoms with Crippen molar-refractivity contribution in [2.24, 2.45) is 0 Å². The molecule has 4 N–H and O–H groups in total. The van der Waals surface area contributed by atoms with Crippen molar-refractivity contribution in [3.63, 3.8) is 0 Å². The molecule has 0 aliphatic carbocycles. The molecule has 25 heavy (non-hydrogen) atoms. The lowest BCUT2D eigenvalue weighted by molar-refractivity contribution is -0.115. The number of hydrazine groups is 1. The number of anilines is 2. The maximum absolute atomic E-state index is 12.0. The SMILES string of the molecule is CCC(=O)Nc1ccc(C(=O)NNC(=O)Nc2ccc(Cl)cc2)cc1. The van der Waals surface area contributed by atoms with Crippen molar-refractivity contribution in [3.05, 3.63) is 59.1 Å². The van der Waals surface area contributed by atoms with Crippen molar-refractivity contribution in [1.82, 2.24) is 10.9 Å². The van der Waals surface area contributed by atoms with E-state index in [1.165, 1.54) is 0 Å². The zero-order valence-electron chi connectivity index (χ0n) is 13.4. The first-order chi connectivity index (χ1) is 12.0. The fourth-order valence-corrected chi connectivity index (χ4v) is 1.96. The Bertz CT molecular complexity index is 760. The van der Waals surface area contributed by atoms with Crippen molar-refractivity contribution >= 4 is 40.8 Å². The number of hydrogen-bond donors (Lipinski definition) is 4. The van der Waals surface area contributed by atoms with Crippen LogP contribution in [0.4, 0.5) is 16.2 Å². The number of carbonyl (C=O) groups excluding carboxylic acids is 3. The van der Waals surface area contributed by atoms with E-state index < -0.39 is 11.9 Å². The van der Waals surface area contributed by atoms with Gasteiger partial charge in [0.2, 0.25) is 5.91 Å². The fraction of sp³-hybridized carbons (Fsp3) is 0.118. The molecule has 0 aromatic heterocycles. The lowest BCUT2D eigenvalue weighted by atomic mass is 10.2. The van der Waals surface area contributed by atoms with Crippen molar-refractivity contribution < 1.29 is 14.4 Å². The van der Waals surface area contributed by atoms with Gasteiger partial charge in [0, 0.05) is 28.4 Å². The molecule has 2 rings (SSSR count). The van der Waals surface area contributed by atoms with Gasteiger partial charge in [-0.2, -0.15) is 0 Å². The van der Waals surface area contributed by atoms with Crippen LogP contribution in [0.3, 0.4) is 0 Å². The summed E-state index contributed by atoms with van der Waals surface area (Å²) in [6.07, 6.45) is 0.370. The highest BCUT2D eigenvalue weighted by atomic mass is 35.5. The molecule has 130 valence electrons. The van der Waals surface area contributed by atoms with Crippen LogP contribution in [0, 0.1) is 0 Å². The molecule has 0 heterocycles. The van der Waals surface area contributed by atoms with Gasteiger partial charge in [-0.05, 0) is 48.5 Å². The summed E-state index contributed by atoms with van der Waals surface area (Å²) in [5, 5.41) is 5.78. The lowest BCUT2D eigenvalue weighted by Gasteiger charge is -2.09. The van der Waals surface area contributed by atoms with E-state index in [-0.39, 0.29) is 5.91 Å². The second-order valence-corrected chi connectivity index (χ2v) is 5.46. The number of hydrogen-bond acceptors (Lipinski definition) is 3. The summed E-state index contributed by atoms with van der Waals surface area (Å²) in [5.74, 6) is -0.600. The highest BCUT2D eigenvalue weighted by Crippen LogP contribution is 2.13. The molecule has 7 nitrogen and oxygen atoms in total. The molecule has 0 aliphatic rings. The smallest absolute Gasteiger partial charge is 0.326 e. The second-order valence-electron chi connectivity index (χ2n) is 5.02. The number of rotatable bonds is 4. The number of benzene rings is 2. The molecule has 8 heteroatoms. The minimum Gasteiger partial charge on any atom is -0.326 e. The average Bonchev–Trinajstić information content (AvgIpc) is 2.62. The minimum absolute atomic E-state index is 0.113. The summed E-state index contributed by atoms with van der Waals surface area (Å²) in [5.41, 5.74) is 6.00. The van der Waals surface area contributed by atoms with Gasteiger partial charge >= 0.3 is 6.03 Å². The Morgan fingerprint density at radius 3 is 2.00 bits per heavy atom. The highest BCUT2D eigenvalue weighted by molar-refractivity contribution is 6.30. The van der Waals surface area contributed by atoms with Crippen LogP contribution < -0.4 is 21.5 Å². The standard InChI is InChI=1S/C17H17ClN4O3/c1-2-15(23)19-13-7-3-11(4-8-13)16(24)21-22-17(25)20-14-9-5-12(18)6-10-14/h3-10H,2H2,1H3,(H,19,23)(H,21,24)(H2,20,22,25). The van der Waals surface area contributed by atoms with Gasteiger partial charge in [0.05, 0.1) is 0 Å². The second kappa shape index (κ2) is 8.70. The molecule has 0 radical (unpaired) electrons. The molecule has 0 saturated heterocycles. The molecular weight excluding hydrogens is 344 g/mol. The molecule has 2 aromatic carbocycles. The van der Waals surface area contributed by atoms with Gasteiger partial charge < -0.3 is 10.6 Å². The maximum atomic E-state index is 12.0. The summed E-state index contributed by atoms with van der Waals surface area (Å²) < 4.78 is 0. The van der Waals surface area contributed by atoms with Crippen molar-refractivity contribution in [2.45, 2.75) is 13.3 Å². The van der Waals surface area contributed by atoms with Gasteiger partial charge in [0.25, 0.3) is 5.91 Å². The third kappa shape index (κ3) is 5.82. The summed E-state index contributed by atoms with van der Waals surface area (Å²) in [4.78, 5) is 35.0. The first-order valence-electron chi connectivity index (χ1n) is 7.50. The maximum Gasteiger partial charge on any atom is 0.337 e. The average molecular weight is 361 g/mol. The number of halogens is 1. The summed E-state index contributed by atoms with van der Waals surface area (Å²) >= 11 is 5.76. The largest absolute Gasteiger partial charge is 0.337 e. The van der Waals surface area contributed by atoms with Crippen LogP contribution >= 0.6 is 11.6 Å². The van der Waals surface area contributed by atoms with Gasteiger partial charge in [-0.1, -0.05) is 18.5 Å². The molecular formula is C17H17ClN4O3. The third-order valence-electron chi connectivity index (χ3n) is 3.14. The molecule has 0 saturated carbocycles. The summed E-state index contributed by atoms with van der Waals surface area (Å²) in [7, 11) is 0. The van der Waals surface area contributed by atoms with Crippen LogP contribution in [0.2, 0.25) is 5.02 Å². The quantitative estimate of drug-likeness (QED) is 0.630. The lowest BCUT2D eigenvalue weighted by Crippen LogP contribution is -2.43. The number of amides is 4. The Morgan fingerprint density at radius 1 is 0.840 bits per heavy atom. The Hall–Kier alpha value is -3.06. The minimum atomic E-state index is -0.595. The van der Waals surface area contributed by atoms with E-state index in [0.29, 0.717) is 28.4 Å². The van der Waals surface area contributed by atoms with Crippen molar-refractivity contribution in [2.75, 3.05) is 10.6 Å². The Labute approximate surface area is 149 Å².